The molecule has 4 nitrogen and oxygen atoms in total. The molecule has 1 aliphatic rings. The normalized spacial score (nSPS) is 20.0. The summed E-state index contributed by atoms with van der Waals surface area (Å²) in [7, 11) is 5.99. The summed E-state index contributed by atoms with van der Waals surface area (Å²) in [5.41, 5.74) is 1.07. The molecule has 1 fully saturated rings. The van der Waals surface area contributed by atoms with Gasteiger partial charge in [0.05, 0.1) is 0 Å². The molecule has 1 heterocycles. The largest absolute Gasteiger partial charge is 0.356 e. The van der Waals surface area contributed by atoms with E-state index in [1.54, 1.807) is 7.05 Å². The summed E-state index contributed by atoms with van der Waals surface area (Å²) in [5, 5.41) is 3.47. The molecule has 1 atom stereocenters. The quantitative estimate of drug-likeness (QED) is 0.683. The first kappa shape index (κ1) is 16.7. The van der Waals surface area contributed by atoms with E-state index < -0.39 is 0 Å². The van der Waals surface area contributed by atoms with Crippen molar-refractivity contribution in [2.24, 2.45) is 10.9 Å². The predicted octanol–water partition coefficient (Wildman–Crippen LogP) is 2.17. The molecule has 0 amide bonds. The van der Waals surface area contributed by atoms with Crippen LogP contribution in [-0.4, -0.2) is 56.5 Å². The van der Waals surface area contributed by atoms with Gasteiger partial charge in [-0.3, -0.25) is 4.99 Å². The Kier molecular flexibility index (Phi) is 6.19. The molecule has 1 aromatic carbocycles. The third kappa shape index (κ3) is 4.98. The van der Waals surface area contributed by atoms with E-state index in [0.717, 1.165) is 24.6 Å². The lowest BCUT2D eigenvalue weighted by atomic mass is 9.98. The first-order valence-corrected chi connectivity index (χ1v) is 7.93. The van der Waals surface area contributed by atoms with E-state index in [0.29, 0.717) is 12.5 Å². The Hall–Kier alpha value is -1.62. The Bertz CT molecular complexity index is 486. The fourth-order valence-electron chi connectivity index (χ4n) is 3.00. The number of piperidine rings is 1. The van der Waals surface area contributed by atoms with Crippen molar-refractivity contribution in [3.05, 3.63) is 35.6 Å². The van der Waals surface area contributed by atoms with Crippen LogP contribution in [0.2, 0.25) is 0 Å². The molecule has 0 aromatic heterocycles. The number of hydrogen-bond acceptors (Lipinski definition) is 2. The highest BCUT2D eigenvalue weighted by Gasteiger charge is 2.18. The topological polar surface area (TPSA) is 30.9 Å². The number of nitrogens with zero attached hydrogens (tertiary/aromatic N) is 3. The molecule has 122 valence electrons. The van der Waals surface area contributed by atoms with Crippen LogP contribution in [0.5, 0.6) is 0 Å². The van der Waals surface area contributed by atoms with Crippen molar-refractivity contribution in [3.8, 4) is 0 Å². The molecular weight excluding hydrogens is 279 g/mol. The molecule has 0 radical (unpaired) electrons. The number of likely N-dealkylation sites (tertiary alicyclic amines) is 1. The highest BCUT2D eigenvalue weighted by atomic mass is 19.1. The minimum Gasteiger partial charge on any atom is -0.356 e. The molecule has 5 heteroatoms. The minimum atomic E-state index is -0.199. The van der Waals surface area contributed by atoms with Gasteiger partial charge < -0.3 is 15.1 Å². The van der Waals surface area contributed by atoms with Gasteiger partial charge in [-0.05, 0) is 50.0 Å². The second kappa shape index (κ2) is 8.13. The van der Waals surface area contributed by atoms with Crippen LogP contribution in [0.3, 0.4) is 0 Å². The maximum absolute atomic E-state index is 13.0. The van der Waals surface area contributed by atoms with Crippen LogP contribution in [0, 0.1) is 11.7 Å². The van der Waals surface area contributed by atoms with Gasteiger partial charge in [-0.2, -0.15) is 0 Å². The fraction of sp³-hybridized carbons (Fsp3) is 0.588. The van der Waals surface area contributed by atoms with Gasteiger partial charge in [0.25, 0.3) is 0 Å². The van der Waals surface area contributed by atoms with Gasteiger partial charge in [-0.1, -0.05) is 12.1 Å². The second-order valence-corrected chi connectivity index (χ2v) is 6.18. The first-order valence-electron chi connectivity index (χ1n) is 7.93. The maximum atomic E-state index is 13.0. The van der Waals surface area contributed by atoms with E-state index in [2.05, 4.69) is 27.2 Å². The van der Waals surface area contributed by atoms with Crippen LogP contribution in [0.15, 0.2) is 29.3 Å². The molecule has 1 N–H and O–H groups in total. The number of hydrogen-bond donors (Lipinski definition) is 1. The van der Waals surface area contributed by atoms with E-state index in [9.17, 15) is 4.39 Å². The zero-order chi connectivity index (χ0) is 15.9. The Morgan fingerprint density at radius 2 is 2.14 bits per heavy atom. The average molecular weight is 306 g/mol. The molecule has 0 bridgehead atoms. The summed E-state index contributed by atoms with van der Waals surface area (Å²) in [6.45, 7) is 4.01. The van der Waals surface area contributed by atoms with Gasteiger partial charge in [0, 0.05) is 33.7 Å². The molecule has 2 rings (SSSR count). The summed E-state index contributed by atoms with van der Waals surface area (Å²) >= 11 is 0. The highest BCUT2D eigenvalue weighted by Crippen LogP contribution is 2.14. The highest BCUT2D eigenvalue weighted by molar-refractivity contribution is 5.79. The Labute approximate surface area is 133 Å². The van der Waals surface area contributed by atoms with Crippen molar-refractivity contribution >= 4 is 5.96 Å². The van der Waals surface area contributed by atoms with E-state index in [-0.39, 0.29) is 5.82 Å². The van der Waals surface area contributed by atoms with Gasteiger partial charge in [0.2, 0.25) is 0 Å². The van der Waals surface area contributed by atoms with Crippen LogP contribution < -0.4 is 5.32 Å². The zero-order valence-electron chi connectivity index (χ0n) is 13.8. The standard InChI is InChI=1S/C17H27FN4/c1-19-17(20-11-15-5-4-10-21(2)12-15)22(3)13-14-6-8-16(18)9-7-14/h6-9,15H,4-5,10-13H2,1-3H3,(H,19,20). The van der Waals surface area contributed by atoms with Crippen LogP contribution in [0.1, 0.15) is 18.4 Å². The molecule has 0 aliphatic carbocycles. The number of benzene rings is 1. The number of rotatable bonds is 4. The second-order valence-electron chi connectivity index (χ2n) is 6.18. The zero-order valence-corrected chi connectivity index (χ0v) is 13.8. The monoisotopic (exact) mass is 306 g/mol. The summed E-state index contributed by atoms with van der Waals surface area (Å²) in [6, 6.07) is 6.62. The van der Waals surface area contributed by atoms with E-state index in [4.69, 9.17) is 0 Å². The van der Waals surface area contributed by atoms with Gasteiger partial charge in [0.1, 0.15) is 5.82 Å². The van der Waals surface area contributed by atoms with Crippen molar-refractivity contribution < 1.29 is 4.39 Å². The van der Waals surface area contributed by atoms with Crippen LogP contribution in [0.25, 0.3) is 0 Å². The summed E-state index contributed by atoms with van der Waals surface area (Å²) in [4.78, 5) is 8.81. The summed E-state index contributed by atoms with van der Waals surface area (Å²) in [6.07, 6.45) is 2.54. The smallest absolute Gasteiger partial charge is 0.193 e. The predicted molar refractivity (Wildman–Crippen MR) is 89.4 cm³/mol. The third-order valence-corrected chi connectivity index (χ3v) is 4.18. The molecule has 0 spiro atoms. The average Bonchev–Trinajstić information content (AvgIpc) is 2.50. The maximum Gasteiger partial charge on any atom is 0.193 e. The molecule has 1 saturated heterocycles. The summed E-state index contributed by atoms with van der Waals surface area (Å²) < 4.78 is 13.0. The summed E-state index contributed by atoms with van der Waals surface area (Å²) in [5.74, 6) is 1.36. The fourth-order valence-corrected chi connectivity index (χ4v) is 3.00. The molecule has 1 unspecified atom stereocenters. The van der Waals surface area contributed by atoms with Crippen LogP contribution >= 0.6 is 0 Å². The molecule has 22 heavy (non-hydrogen) atoms. The van der Waals surface area contributed by atoms with E-state index in [1.165, 1.54) is 31.5 Å². The van der Waals surface area contributed by atoms with E-state index >= 15 is 0 Å². The Morgan fingerprint density at radius 3 is 2.77 bits per heavy atom. The van der Waals surface area contributed by atoms with Crippen molar-refractivity contribution in [2.45, 2.75) is 19.4 Å². The first-order chi connectivity index (χ1) is 10.6. The Morgan fingerprint density at radius 1 is 1.41 bits per heavy atom. The van der Waals surface area contributed by atoms with Crippen molar-refractivity contribution in [2.75, 3.05) is 40.8 Å². The number of halogens is 1. The lowest BCUT2D eigenvalue weighted by Crippen LogP contribution is -2.44. The van der Waals surface area contributed by atoms with Gasteiger partial charge in [0.15, 0.2) is 5.96 Å². The van der Waals surface area contributed by atoms with Crippen LogP contribution in [0.4, 0.5) is 4.39 Å². The van der Waals surface area contributed by atoms with E-state index in [1.807, 2.05) is 19.2 Å². The van der Waals surface area contributed by atoms with Gasteiger partial charge >= 0.3 is 0 Å². The van der Waals surface area contributed by atoms with Crippen molar-refractivity contribution in [1.82, 2.24) is 15.1 Å². The van der Waals surface area contributed by atoms with Gasteiger partial charge in [-0.25, -0.2) is 4.39 Å². The molecule has 0 saturated carbocycles. The van der Waals surface area contributed by atoms with Crippen molar-refractivity contribution in [1.29, 1.82) is 0 Å². The lowest BCUT2D eigenvalue weighted by molar-refractivity contribution is 0.209. The minimum absolute atomic E-state index is 0.199. The number of guanidine groups is 1. The molecule has 1 aliphatic heterocycles. The number of aliphatic imine (C=N–C) groups is 1. The third-order valence-electron chi connectivity index (χ3n) is 4.18. The van der Waals surface area contributed by atoms with Crippen molar-refractivity contribution in [3.63, 3.8) is 0 Å². The molecule has 1 aromatic rings. The SMILES string of the molecule is CN=C(NCC1CCCN(C)C1)N(C)Cc1ccc(F)cc1. The van der Waals surface area contributed by atoms with Crippen LogP contribution in [-0.2, 0) is 6.54 Å². The van der Waals surface area contributed by atoms with Gasteiger partial charge in [-0.15, -0.1) is 0 Å². The number of nitrogens with one attached hydrogen (secondary N) is 1. The Balaban J connectivity index is 1.83. The lowest BCUT2D eigenvalue weighted by Gasteiger charge is -2.31. The molecular formula is C17H27FN4.